The highest BCUT2D eigenvalue weighted by molar-refractivity contribution is 5.54. The van der Waals surface area contributed by atoms with Crippen molar-refractivity contribution < 1.29 is 4.57 Å². The molecule has 0 radical (unpaired) electrons. The maximum absolute atomic E-state index is 2.10. The molecule has 1 nitrogen and oxygen atoms in total. The lowest BCUT2D eigenvalue weighted by molar-refractivity contribution is -0.673. The number of benzene rings is 1. The Kier molecular flexibility index (Phi) is 3.87. The molecule has 0 amide bonds. The predicted molar refractivity (Wildman–Crippen MR) is 72.1 cm³/mol. The molecule has 0 saturated carbocycles. The topological polar surface area (TPSA) is 3.88 Å². The molecule has 17 heavy (non-hydrogen) atoms. The van der Waals surface area contributed by atoms with Gasteiger partial charge >= 0.3 is 0 Å². The van der Waals surface area contributed by atoms with Gasteiger partial charge in [-0.15, -0.1) is 0 Å². The van der Waals surface area contributed by atoms with Crippen LogP contribution in [0.1, 0.15) is 11.3 Å². The summed E-state index contributed by atoms with van der Waals surface area (Å²) in [6.45, 7) is 0. The SMILES string of the molecule is C[n+]1ccccc1/C=C\C=C/c1ccccc1. The van der Waals surface area contributed by atoms with Crippen molar-refractivity contribution in [2.24, 2.45) is 7.05 Å². The van der Waals surface area contributed by atoms with Gasteiger partial charge in [-0.1, -0.05) is 48.6 Å². The first-order valence-electron chi connectivity index (χ1n) is 5.71. The van der Waals surface area contributed by atoms with E-state index < -0.39 is 0 Å². The molecule has 0 bridgehead atoms. The van der Waals surface area contributed by atoms with Gasteiger partial charge in [-0.2, -0.15) is 0 Å². The Morgan fingerprint density at radius 3 is 2.29 bits per heavy atom. The van der Waals surface area contributed by atoms with Crippen molar-refractivity contribution in [3.05, 3.63) is 78.1 Å². The van der Waals surface area contributed by atoms with Gasteiger partial charge in [0.1, 0.15) is 7.05 Å². The highest BCUT2D eigenvalue weighted by Crippen LogP contribution is 2.01. The van der Waals surface area contributed by atoms with Crippen LogP contribution in [-0.2, 0) is 7.05 Å². The van der Waals surface area contributed by atoms with Gasteiger partial charge in [-0.25, -0.2) is 4.57 Å². The standard InChI is InChI=1S/C16H16N/c1-17-14-8-7-13-16(17)12-6-5-11-15-9-3-2-4-10-15/h2-14H,1H3/q+1/b11-5-,12-6-. The number of hydrogen-bond acceptors (Lipinski definition) is 0. The number of aromatic nitrogens is 1. The van der Waals surface area contributed by atoms with Gasteiger partial charge in [0.05, 0.1) is 0 Å². The maximum Gasteiger partial charge on any atom is 0.204 e. The number of hydrogen-bond donors (Lipinski definition) is 0. The molecule has 1 heterocycles. The lowest BCUT2D eigenvalue weighted by atomic mass is 10.2. The van der Waals surface area contributed by atoms with Crippen LogP contribution in [0.5, 0.6) is 0 Å². The molecule has 1 heteroatoms. The molecule has 0 spiro atoms. The number of pyridine rings is 1. The Bertz CT molecular complexity index is 524. The van der Waals surface area contributed by atoms with Crippen LogP contribution in [0.15, 0.2) is 66.9 Å². The first-order chi connectivity index (χ1) is 8.36. The van der Waals surface area contributed by atoms with Crippen molar-refractivity contribution in [1.82, 2.24) is 0 Å². The van der Waals surface area contributed by atoms with Crippen molar-refractivity contribution in [2.75, 3.05) is 0 Å². The first kappa shape index (κ1) is 11.3. The highest BCUT2D eigenvalue weighted by atomic mass is 14.9. The van der Waals surface area contributed by atoms with E-state index in [9.17, 15) is 0 Å². The van der Waals surface area contributed by atoms with Gasteiger partial charge in [0.15, 0.2) is 6.20 Å². The van der Waals surface area contributed by atoms with E-state index in [1.54, 1.807) is 0 Å². The maximum atomic E-state index is 2.10. The third-order valence-corrected chi connectivity index (χ3v) is 2.56. The summed E-state index contributed by atoms with van der Waals surface area (Å²) in [5.41, 5.74) is 2.40. The molecule has 2 rings (SSSR count). The fraction of sp³-hybridized carbons (Fsp3) is 0.0625. The fourth-order valence-electron chi connectivity index (χ4n) is 1.59. The summed E-state index contributed by atoms with van der Waals surface area (Å²) in [5, 5.41) is 0. The number of aryl methyl sites for hydroxylation is 1. The van der Waals surface area contributed by atoms with Crippen LogP contribution < -0.4 is 4.57 Å². The largest absolute Gasteiger partial charge is 0.204 e. The summed E-state index contributed by atoms with van der Waals surface area (Å²) in [7, 11) is 2.04. The van der Waals surface area contributed by atoms with Crippen LogP contribution in [0.3, 0.4) is 0 Å². The van der Waals surface area contributed by atoms with Crippen LogP contribution >= 0.6 is 0 Å². The number of nitrogens with zero attached hydrogens (tertiary/aromatic N) is 1. The van der Waals surface area contributed by atoms with Crippen molar-refractivity contribution in [1.29, 1.82) is 0 Å². The first-order valence-corrected chi connectivity index (χ1v) is 5.71. The Hall–Kier alpha value is -2.15. The zero-order valence-electron chi connectivity index (χ0n) is 9.95. The minimum atomic E-state index is 1.19. The van der Waals surface area contributed by atoms with Gasteiger partial charge in [-0.3, -0.25) is 0 Å². The Morgan fingerprint density at radius 2 is 1.53 bits per heavy atom. The molecular weight excluding hydrogens is 206 g/mol. The van der Waals surface area contributed by atoms with Gasteiger partial charge in [-0.05, 0) is 11.6 Å². The molecule has 0 atom stereocenters. The summed E-state index contributed by atoms with van der Waals surface area (Å²) in [4.78, 5) is 0. The molecule has 0 saturated heterocycles. The molecule has 1 aromatic heterocycles. The predicted octanol–water partition coefficient (Wildman–Crippen LogP) is 3.24. The van der Waals surface area contributed by atoms with Crippen molar-refractivity contribution in [3.8, 4) is 0 Å². The van der Waals surface area contributed by atoms with Crippen LogP contribution in [0.2, 0.25) is 0 Å². The molecule has 0 unspecified atom stereocenters. The molecule has 84 valence electrons. The second-order valence-corrected chi connectivity index (χ2v) is 3.87. The smallest absolute Gasteiger partial charge is 0.202 e. The van der Waals surface area contributed by atoms with Crippen LogP contribution in [0.25, 0.3) is 12.2 Å². The van der Waals surface area contributed by atoms with Crippen molar-refractivity contribution in [3.63, 3.8) is 0 Å². The summed E-state index contributed by atoms with van der Waals surface area (Å²) < 4.78 is 2.09. The van der Waals surface area contributed by atoms with E-state index in [-0.39, 0.29) is 0 Å². The molecule has 1 aromatic carbocycles. The Balaban J connectivity index is 2.04. The van der Waals surface area contributed by atoms with Crippen LogP contribution in [-0.4, -0.2) is 0 Å². The van der Waals surface area contributed by atoms with E-state index in [0.717, 1.165) is 0 Å². The lowest BCUT2D eigenvalue weighted by Crippen LogP contribution is -2.30. The summed E-state index contributed by atoms with van der Waals surface area (Å²) in [6, 6.07) is 16.4. The second kappa shape index (κ2) is 5.80. The minimum absolute atomic E-state index is 1.19. The lowest BCUT2D eigenvalue weighted by Gasteiger charge is -1.91. The van der Waals surface area contributed by atoms with Gasteiger partial charge in [0.25, 0.3) is 0 Å². The van der Waals surface area contributed by atoms with Gasteiger partial charge < -0.3 is 0 Å². The van der Waals surface area contributed by atoms with E-state index in [2.05, 4.69) is 47.1 Å². The fourth-order valence-corrected chi connectivity index (χ4v) is 1.59. The molecule has 0 aliphatic rings. The molecule has 0 aliphatic carbocycles. The van der Waals surface area contributed by atoms with E-state index >= 15 is 0 Å². The Morgan fingerprint density at radius 1 is 0.824 bits per heavy atom. The summed E-state index contributed by atoms with van der Waals surface area (Å²) in [5.74, 6) is 0. The van der Waals surface area contributed by atoms with E-state index in [1.807, 2.05) is 43.6 Å². The van der Waals surface area contributed by atoms with E-state index in [0.29, 0.717) is 0 Å². The minimum Gasteiger partial charge on any atom is -0.202 e. The zero-order chi connectivity index (χ0) is 11.9. The second-order valence-electron chi connectivity index (χ2n) is 3.87. The highest BCUT2D eigenvalue weighted by Gasteiger charge is 1.96. The number of allylic oxidation sites excluding steroid dienone is 2. The van der Waals surface area contributed by atoms with Crippen LogP contribution in [0, 0.1) is 0 Å². The van der Waals surface area contributed by atoms with Gasteiger partial charge in [0.2, 0.25) is 5.69 Å². The normalized spacial score (nSPS) is 11.4. The monoisotopic (exact) mass is 222 g/mol. The molecule has 0 aliphatic heterocycles. The van der Waals surface area contributed by atoms with Crippen molar-refractivity contribution in [2.45, 2.75) is 0 Å². The molecule has 2 aromatic rings. The average Bonchev–Trinajstić information content (AvgIpc) is 2.38. The molecular formula is C16H16N+. The summed E-state index contributed by atoms with van der Waals surface area (Å²) >= 11 is 0. The third kappa shape index (κ3) is 3.42. The van der Waals surface area contributed by atoms with Crippen molar-refractivity contribution >= 4 is 12.2 Å². The third-order valence-electron chi connectivity index (χ3n) is 2.56. The molecule has 0 N–H and O–H groups in total. The van der Waals surface area contributed by atoms with E-state index in [4.69, 9.17) is 0 Å². The number of rotatable bonds is 3. The Labute approximate surface area is 102 Å². The van der Waals surface area contributed by atoms with E-state index in [1.165, 1.54) is 11.3 Å². The summed E-state index contributed by atoms with van der Waals surface area (Å²) in [6.07, 6.45) is 10.4. The zero-order valence-corrected chi connectivity index (χ0v) is 9.95. The average molecular weight is 222 g/mol. The quantitative estimate of drug-likeness (QED) is 0.554. The molecule has 0 fully saturated rings. The van der Waals surface area contributed by atoms with Gasteiger partial charge in [0, 0.05) is 18.2 Å². The van der Waals surface area contributed by atoms with Crippen LogP contribution in [0.4, 0.5) is 0 Å².